The summed E-state index contributed by atoms with van der Waals surface area (Å²) in [6, 6.07) is 12.3. The van der Waals surface area contributed by atoms with Crippen LogP contribution in [-0.4, -0.2) is 29.1 Å². The fraction of sp³-hybridized carbons (Fsp3) is 0.316. The molecular weight excluding hydrogens is 318 g/mol. The molecule has 0 fully saturated rings. The van der Waals surface area contributed by atoms with Crippen LogP contribution >= 0.6 is 0 Å². The SMILES string of the molecule is CC(C)(C)OC(=O)Nc1ccc(C(=O)NCCc2ccccn2)cc1. The summed E-state index contributed by atoms with van der Waals surface area (Å²) in [6.07, 6.45) is 1.87. The zero-order valence-corrected chi connectivity index (χ0v) is 14.7. The second-order valence-corrected chi connectivity index (χ2v) is 6.53. The second kappa shape index (κ2) is 8.28. The first kappa shape index (κ1) is 18.4. The van der Waals surface area contributed by atoms with Gasteiger partial charge in [0, 0.05) is 36.1 Å². The van der Waals surface area contributed by atoms with Gasteiger partial charge in [-0.25, -0.2) is 4.79 Å². The number of carbonyl (C=O) groups excluding carboxylic acids is 2. The van der Waals surface area contributed by atoms with Crippen molar-refractivity contribution < 1.29 is 14.3 Å². The number of aromatic nitrogens is 1. The monoisotopic (exact) mass is 341 g/mol. The van der Waals surface area contributed by atoms with E-state index >= 15 is 0 Å². The van der Waals surface area contributed by atoms with Crippen LogP contribution in [0.1, 0.15) is 36.8 Å². The van der Waals surface area contributed by atoms with Crippen LogP contribution in [-0.2, 0) is 11.2 Å². The van der Waals surface area contributed by atoms with Crippen molar-refractivity contribution in [1.82, 2.24) is 10.3 Å². The van der Waals surface area contributed by atoms with Gasteiger partial charge in [0.1, 0.15) is 5.60 Å². The van der Waals surface area contributed by atoms with Gasteiger partial charge >= 0.3 is 6.09 Å². The molecule has 2 N–H and O–H groups in total. The van der Waals surface area contributed by atoms with E-state index in [1.807, 2.05) is 18.2 Å². The van der Waals surface area contributed by atoms with Gasteiger partial charge in [-0.3, -0.25) is 15.1 Å². The van der Waals surface area contributed by atoms with Gasteiger partial charge in [-0.05, 0) is 57.2 Å². The Morgan fingerprint density at radius 3 is 2.40 bits per heavy atom. The zero-order valence-electron chi connectivity index (χ0n) is 14.7. The molecule has 1 heterocycles. The highest BCUT2D eigenvalue weighted by Crippen LogP contribution is 2.13. The first-order chi connectivity index (χ1) is 11.8. The number of nitrogens with zero attached hydrogens (tertiary/aromatic N) is 1. The van der Waals surface area contributed by atoms with E-state index in [0.29, 0.717) is 24.2 Å². The molecule has 0 saturated carbocycles. The number of hydrogen-bond donors (Lipinski definition) is 2. The number of benzene rings is 1. The van der Waals surface area contributed by atoms with Crippen molar-refractivity contribution in [2.75, 3.05) is 11.9 Å². The molecule has 25 heavy (non-hydrogen) atoms. The number of hydrogen-bond acceptors (Lipinski definition) is 4. The van der Waals surface area contributed by atoms with Gasteiger partial charge in [-0.15, -0.1) is 0 Å². The fourth-order valence-corrected chi connectivity index (χ4v) is 2.08. The van der Waals surface area contributed by atoms with Crippen LogP contribution in [0.4, 0.5) is 10.5 Å². The molecule has 1 aromatic carbocycles. The predicted octanol–water partition coefficient (Wildman–Crippen LogP) is 3.40. The molecule has 1 aromatic heterocycles. The van der Waals surface area contributed by atoms with Crippen molar-refractivity contribution >= 4 is 17.7 Å². The predicted molar refractivity (Wildman–Crippen MR) is 96.6 cm³/mol. The molecule has 0 bridgehead atoms. The molecule has 132 valence electrons. The van der Waals surface area contributed by atoms with E-state index in [9.17, 15) is 9.59 Å². The van der Waals surface area contributed by atoms with Crippen LogP contribution in [0.2, 0.25) is 0 Å². The fourth-order valence-electron chi connectivity index (χ4n) is 2.08. The summed E-state index contributed by atoms with van der Waals surface area (Å²) in [7, 11) is 0. The van der Waals surface area contributed by atoms with Gasteiger partial charge < -0.3 is 10.1 Å². The molecular formula is C19H23N3O3. The van der Waals surface area contributed by atoms with Crippen molar-refractivity contribution in [2.24, 2.45) is 0 Å². The van der Waals surface area contributed by atoms with Crippen LogP contribution in [0.3, 0.4) is 0 Å². The highest BCUT2D eigenvalue weighted by Gasteiger charge is 2.16. The lowest BCUT2D eigenvalue weighted by Gasteiger charge is -2.19. The molecule has 0 saturated heterocycles. The number of anilines is 1. The standard InChI is InChI=1S/C19H23N3O3/c1-19(2,3)25-18(24)22-16-9-7-14(8-10-16)17(23)21-13-11-15-6-4-5-12-20-15/h4-10,12H,11,13H2,1-3H3,(H,21,23)(H,22,24). The Kier molecular flexibility index (Phi) is 6.11. The summed E-state index contributed by atoms with van der Waals surface area (Å²) in [5.41, 5.74) is 1.46. The molecule has 2 aromatic rings. The summed E-state index contributed by atoms with van der Waals surface area (Å²) < 4.78 is 5.18. The minimum absolute atomic E-state index is 0.167. The zero-order chi connectivity index (χ0) is 18.3. The normalized spacial score (nSPS) is 10.8. The van der Waals surface area contributed by atoms with Gasteiger partial charge in [0.2, 0.25) is 0 Å². The minimum Gasteiger partial charge on any atom is -0.444 e. The largest absolute Gasteiger partial charge is 0.444 e. The van der Waals surface area contributed by atoms with Crippen molar-refractivity contribution in [3.63, 3.8) is 0 Å². The third kappa shape index (κ3) is 6.63. The highest BCUT2D eigenvalue weighted by atomic mass is 16.6. The Morgan fingerprint density at radius 1 is 1.08 bits per heavy atom. The van der Waals surface area contributed by atoms with E-state index in [4.69, 9.17) is 4.74 Å². The Morgan fingerprint density at radius 2 is 1.80 bits per heavy atom. The van der Waals surface area contributed by atoms with Gasteiger partial charge in [-0.1, -0.05) is 6.07 Å². The highest BCUT2D eigenvalue weighted by molar-refractivity contribution is 5.95. The number of amides is 2. The van der Waals surface area contributed by atoms with Crippen molar-refractivity contribution in [1.29, 1.82) is 0 Å². The summed E-state index contributed by atoms with van der Waals surface area (Å²) in [4.78, 5) is 28.0. The maximum atomic E-state index is 12.1. The van der Waals surface area contributed by atoms with Gasteiger partial charge in [0.15, 0.2) is 0 Å². The maximum absolute atomic E-state index is 12.1. The third-order valence-electron chi connectivity index (χ3n) is 3.19. The number of carbonyl (C=O) groups is 2. The molecule has 0 aliphatic carbocycles. The van der Waals surface area contributed by atoms with Crippen molar-refractivity contribution in [3.05, 3.63) is 59.9 Å². The summed E-state index contributed by atoms with van der Waals surface area (Å²) in [6.45, 7) is 5.90. The number of ether oxygens (including phenoxy) is 1. The molecule has 6 heteroatoms. The maximum Gasteiger partial charge on any atom is 0.412 e. The lowest BCUT2D eigenvalue weighted by atomic mass is 10.2. The molecule has 0 unspecified atom stereocenters. The van der Waals surface area contributed by atoms with E-state index in [0.717, 1.165) is 5.69 Å². The molecule has 6 nitrogen and oxygen atoms in total. The quantitative estimate of drug-likeness (QED) is 0.873. The smallest absolute Gasteiger partial charge is 0.412 e. The van der Waals surface area contributed by atoms with Crippen LogP contribution in [0, 0.1) is 0 Å². The number of pyridine rings is 1. The van der Waals surface area contributed by atoms with E-state index in [1.165, 1.54) is 0 Å². The Balaban J connectivity index is 1.82. The van der Waals surface area contributed by atoms with Crippen molar-refractivity contribution in [3.8, 4) is 0 Å². The summed E-state index contributed by atoms with van der Waals surface area (Å²) in [5, 5.41) is 5.48. The van der Waals surface area contributed by atoms with E-state index in [1.54, 1.807) is 51.2 Å². The summed E-state index contributed by atoms with van der Waals surface area (Å²) >= 11 is 0. The minimum atomic E-state index is -0.558. The molecule has 0 aliphatic heterocycles. The molecule has 0 radical (unpaired) electrons. The lowest BCUT2D eigenvalue weighted by Crippen LogP contribution is -2.27. The van der Waals surface area contributed by atoms with Crippen LogP contribution in [0.15, 0.2) is 48.7 Å². The average molecular weight is 341 g/mol. The molecule has 2 rings (SSSR count). The van der Waals surface area contributed by atoms with Crippen LogP contribution in [0.5, 0.6) is 0 Å². The van der Waals surface area contributed by atoms with Gasteiger partial charge in [-0.2, -0.15) is 0 Å². The third-order valence-corrected chi connectivity index (χ3v) is 3.19. The number of rotatable bonds is 5. The Hall–Kier alpha value is -2.89. The Labute approximate surface area is 147 Å². The molecule has 2 amide bonds. The number of nitrogens with one attached hydrogen (secondary N) is 2. The van der Waals surface area contributed by atoms with Crippen LogP contribution < -0.4 is 10.6 Å². The Bertz CT molecular complexity index is 707. The average Bonchev–Trinajstić information content (AvgIpc) is 2.54. The van der Waals surface area contributed by atoms with E-state index in [-0.39, 0.29) is 5.91 Å². The second-order valence-electron chi connectivity index (χ2n) is 6.53. The summed E-state index contributed by atoms with van der Waals surface area (Å²) in [5.74, 6) is -0.167. The topological polar surface area (TPSA) is 80.3 Å². The molecule has 0 aliphatic rings. The first-order valence-electron chi connectivity index (χ1n) is 8.12. The molecule has 0 atom stereocenters. The van der Waals surface area contributed by atoms with Gasteiger partial charge in [0.25, 0.3) is 5.91 Å². The van der Waals surface area contributed by atoms with Gasteiger partial charge in [0.05, 0.1) is 0 Å². The lowest BCUT2D eigenvalue weighted by molar-refractivity contribution is 0.0635. The van der Waals surface area contributed by atoms with Crippen molar-refractivity contribution in [2.45, 2.75) is 32.8 Å². The van der Waals surface area contributed by atoms with Crippen LogP contribution in [0.25, 0.3) is 0 Å². The van der Waals surface area contributed by atoms with E-state index < -0.39 is 11.7 Å². The first-order valence-corrected chi connectivity index (χ1v) is 8.12. The molecule has 0 spiro atoms. The van der Waals surface area contributed by atoms with E-state index in [2.05, 4.69) is 15.6 Å².